The van der Waals surface area contributed by atoms with Gasteiger partial charge in [0.15, 0.2) is 0 Å². The summed E-state index contributed by atoms with van der Waals surface area (Å²) in [5.41, 5.74) is 0.218. The normalized spacial score (nSPS) is 27.7. The summed E-state index contributed by atoms with van der Waals surface area (Å²) in [4.78, 5) is 12.5. The Morgan fingerprint density at radius 3 is 2.65 bits per heavy atom. The summed E-state index contributed by atoms with van der Waals surface area (Å²) < 4.78 is 19.9. The topological polar surface area (TPSA) is 58.6 Å². The standard InChI is InChI=1S/C17H19BrFNO3/c1-9-12(7-10(18)8-13(9)19)14-15(21)17(20-16(14)22)5-3-11(23-2)4-6-17/h7-8,11,21H,3-6H2,1-2H3,(H,20,22)/t11-,17-. The molecule has 0 atom stereocenters. The molecule has 0 bridgehead atoms. The third kappa shape index (κ3) is 2.68. The molecular weight excluding hydrogens is 365 g/mol. The lowest BCUT2D eigenvalue weighted by Crippen LogP contribution is -2.48. The minimum atomic E-state index is -0.743. The van der Waals surface area contributed by atoms with Crippen LogP contribution in [0.3, 0.4) is 0 Å². The molecule has 2 N–H and O–H groups in total. The lowest BCUT2D eigenvalue weighted by molar-refractivity contribution is -0.116. The maximum atomic E-state index is 14.0. The fourth-order valence-corrected chi connectivity index (χ4v) is 3.95. The molecule has 1 aromatic rings. The van der Waals surface area contributed by atoms with Crippen molar-refractivity contribution in [2.45, 2.75) is 44.2 Å². The number of halogens is 2. The number of carbonyl (C=O) groups excluding carboxylic acids is 1. The second-order valence-corrected chi connectivity index (χ2v) is 7.17. The van der Waals surface area contributed by atoms with Crippen LogP contribution in [-0.4, -0.2) is 29.8 Å². The first-order valence-electron chi connectivity index (χ1n) is 7.63. The zero-order valence-electron chi connectivity index (χ0n) is 13.1. The number of hydrogen-bond donors (Lipinski definition) is 2. The van der Waals surface area contributed by atoms with Gasteiger partial charge >= 0.3 is 0 Å². The highest BCUT2D eigenvalue weighted by Gasteiger charge is 2.48. The van der Waals surface area contributed by atoms with E-state index in [2.05, 4.69) is 21.2 Å². The van der Waals surface area contributed by atoms with Crippen molar-refractivity contribution in [1.29, 1.82) is 0 Å². The maximum absolute atomic E-state index is 14.0. The number of amides is 1. The van der Waals surface area contributed by atoms with Crippen LogP contribution >= 0.6 is 15.9 Å². The van der Waals surface area contributed by atoms with Crippen LogP contribution < -0.4 is 5.32 Å². The third-order valence-corrected chi connectivity index (χ3v) is 5.43. The molecule has 1 fully saturated rings. The summed E-state index contributed by atoms with van der Waals surface area (Å²) in [6.45, 7) is 1.61. The first-order valence-corrected chi connectivity index (χ1v) is 8.42. The van der Waals surface area contributed by atoms with Crippen molar-refractivity contribution in [3.8, 4) is 0 Å². The average Bonchev–Trinajstić information content (AvgIpc) is 2.75. The van der Waals surface area contributed by atoms with E-state index in [9.17, 15) is 14.3 Å². The Bertz CT molecular complexity index is 693. The molecule has 6 heteroatoms. The van der Waals surface area contributed by atoms with E-state index in [-0.39, 0.29) is 23.3 Å². The number of hydrogen-bond acceptors (Lipinski definition) is 3. The van der Waals surface area contributed by atoms with Crippen molar-refractivity contribution in [2.75, 3.05) is 7.11 Å². The number of methoxy groups -OCH3 is 1. The Morgan fingerprint density at radius 1 is 1.39 bits per heavy atom. The van der Waals surface area contributed by atoms with Gasteiger partial charge in [-0.15, -0.1) is 0 Å². The van der Waals surface area contributed by atoms with Crippen LogP contribution in [0.4, 0.5) is 4.39 Å². The van der Waals surface area contributed by atoms with Gasteiger partial charge in [0, 0.05) is 11.6 Å². The third-order valence-electron chi connectivity index (χ3n) is 4.97. The van der Waals surface area contributed by atoms with Gasteiger partial charge < -0.3 is 15.2 Å². The van der Waals surface area contributed by atoms with Gasteiger partial charge in [-0.25, -0.2) is 4.39 Å². The van der Waals surface area contributed by atoms with Gasteiger partial charge in [0.2, 0.25) is 0 Å². The van der Waals surface area contributed by atoms with Crippen molar-refractivity contribution in [3.05, 3.63) is 39.3 Å². The van der Waals surface area contributed by atoms with E-state index in [0.29, 0.717) is 28.4 Å². The zero-order valence-corrected chi connectivity index (χ0v) is 14.7. The van der Waals surface area contributed by atoms with E-state index in [4.69, 9.17) is 4.74 Å². The molecule has 0 unspecified atom stereocenters. The first kappa shape index (κ1) is 16.5. The van der Waals surface area contributed by atoms with Crippen molar-refractivity contribution >= 4 is 27.4 Å². The van der Waals surface area contributed by atoms with Gasteiger partial charge in [-0.2, -0.15) is 0 Å². The Kier molecular flexibility index (Phi) is 4.23. The highest BCUT2D eigenvalue weighted by molar-refractivity contribution is 9.10. The minimum Gasteiger partial charge on any atom is -0.509 e. The minimum absolute atomic E-state index is 0.0256. The second kappa shape index (κ2) is 5.91. The van der Waals surface area contributed by atoms with E-state index in [1.807, 2.05) is 0 Å². The van der Waals surface area contributed by atoms with Gasteiger partial charge in [-0.3, -0.25) is 4.79 Å². The smallest absolute Gasteiger partial charge is 0.256 e. The second-order valence-electron chi connectivity index (χ2n) is 6.26. The predicted octanol–water partition coefficient (Wildman–Crippen LogP) is 3.62. The first-order chi connectivity index (χ1) is 10.9. The number of benzene rings is 1. The Morgan fingerprint density at radius 2 is 2.04 bits per heavy atom. The van der Waals surface area contributed by atoms with E-state index in [1.165, 1.54) is 6.07 Å². The van der Waals surface area contributed by atoms with Crippen LogP contribution in [0.25, 0.3) is 5.57 Å². The van der Waals surface area contributed by atoms with Crippen molar-refractivity contribution in [1.82, 2.24) is 5.32 Å². The predicted molar refractivity (Wildman–Crippen MR) is 88.5 cm³/mol. The summed E-state index contributed by atoms with van der Waals surface area (Å²) in [5.74, 6) is -0.733. The molecule has 0 saturated heterocycles. The highest BCUT2D eigenvalue weighted by atomic mass is 79.9. The van der Waals surface area contributed by atoms with Crippen LogP contribution in [-0.2, 0) is 9.53 Å². The van der Waals surface area contributed by atoms with Gasteiger partial charge in [0.25, 0.3) is 5.91 Å². The van der Waals surface area contributed by atoms with Crippen LogP contribution in [0, 0.1) is 12.7 Å². The van der Waals surface area contributed by atoms with Crippen LogP contribution in [0.2, 0.25) is 0 Å². The molecule has 1 aromatic carbocycles. The molecule has 1 saturated carbocycles. The summed E-state index contributed by atoms with van der Waals surface area (Å²) >= 11 is 3.25. The molecule has 1 spiro atoms. The maximum Gasteiger partial charge on any atom is 0.256 e. The molecule has 23 heavy (non-hydrogen) atoms. The number of ether oxygens (including phenoxy) is 1. The molecule has 1 aliphatic heterocycles. The monoisotopic (exact) mass is 383 g/mol. The van der Waals surface area contributed by atoms with E-state index >= 15 is 0 Å². The van der Waals surface area contributed by atoms with Gasteiger partial charge in [-0.1, -0.05) is 15.9 Å². The SMILES string of the molecule is CO[C@H]1CC[C@@]2(CC1)NC(=O)C(c1cc(Br)cc(F)c1C)=C2O. The highest BCUT2D eigenvalue weighted by Crippen LogP contribution is 2.42. The number of aliphatic hydroxyl groups excluding tert-OH is 1. The number of nitrogens with one attached hydrogen (secondary N) is 1. The van der Waals surface area contributed by atoms with Gasteiger partial charge in [0.05, 0.1) is 17.2 Å². The lowest BCUT2D eigenvalue weighted by atomic mass is 9.79. The number of rotatable bonds is 2. The Balaban J connectivity index is 2.04. The molecule has 3 rings (SSSR count). The average molecular weight is 384 g/mol. The summed E-state index contributed by atoms with van der Waals surface area (Å²) in [5, 5.41) is 13.7. The van der Waals surface area contributed by atoms with Crippen LogP contribution in [0.15, 0.2) is 22.4 Å². The molecule has 0 aromatic heterocycles. The Hall–Kier alpha value is -1.40. The van der Waals surface area contributed by atoms with E-state index in [1.54, 1.807) is 20.1 Å². The molecule has 124 valence electrons. The van der Waals surface area contributed by atoms with Gasteiger partial charge in [0.1, 0.15) is 11.6 Å². The summed E-state index contributed by atoms with van der Waals surface area (Å²) in [6.07, 6.45) is 2.91. The summed E-state index contributed by atoms with van der Waals surface area (Å²) in [7, 11) is 1.67. The van der Waals surface area contributed by atoms with Crippen molar-refractivity contribution in [3.63, 3.8) is 0 Å². The molecule has 0 radical (unpaired) electrons. The quantitative estimate of drug-likeness (QED) is 0.819. The van der Waals surface area contributed by atoms with Crippen LogP contribution in [0.1, 0.15) is 36.8 Å². The fourth-order valence-electron chi connectivity index (χ4n) is 3.52. The Labute approximate surface area is 142 Å². The molecule has 2 aliphatic rings. The fraction of sp³-hybridized carbons (Fsp3) is 0.471. The van der Waals surface area contributed by atoms with Crippen molar-refractivity contribution in [2.24, 2.45) is 0 Å². The van der Waals surface area contributed by atoms with E-state index in [0.717, 1.165) is 12.8 Å². The molecular formula is C17H19BrFNO3. The van der Waals surface area contributed by atoms with Crippen molar-refractivity contribution < 1.29 is 19.0 Å². The summed E-state index contributed by atoms with van der Waals surface area (Å²) in [6, 6.07) is 3.02. The van der Waals surface area contributed by atoms with Gasteiger partial charge in [-0.05, 0) is 55.9 Å². The molecule has 1 aliphatic carbocycles. The van der Waals surface area contributed by atoms with Crippen LogP contribution in [0.5, 0.6) is 0 Å². The largest absolute Gasteiger partial charge is 0.509 e. The number of aliphatic hydroxyl groups is 1. The molecule has 1 amide bonds. The zero-order chi connectivity index (χ0) is 16.8. The molecule has 1 heterocycles. The molecule has 4 nitrogen and oxygen atoms in total. The number of carbonyl (C=O) groups is 1. The van der Waals surface area contributed by atoms with E-state index < -0.39 is 11.4 Å². The lowest BCUT2D eigenvalue weighted by Gasteiger charge is -2.36.